The molecule has 2 heterocycles. The molecule has 7 nitrogen and oxygen atoms in total. The quantitative estimate of drug-likeness (QED) is 0.465. The van der Waals surface area contributed by atoms with E-state index in [0.29, 0.717) is 24.3 Å². The molecule has 0 bridgehead atoms. The largest absolute Gasteiger partial charge is 0.416 e. The van der Waals surface area contributed by atoms with Crippen LogP contribution >= 0.6 is 0 Å². The number of rotatable bonds is 7. The van der Waals surface area contributed by atoms with E-state index in [9.17, 15) is 22.8 Å². The van der Waals surface area contributed by atoms with Gasteiger partial charge >= 0.3 is 6.18 Å². The number of nitrogens with zero attached hydrogens (tertiary/aromatic N) is 4. The fourth-order valence-electron chi connectivity index (χ4n) is 3.46. The van der Waals surface area contributed by atoms with Gasteiger partial charge in [0.05, 0.1) is 31.3 Å². The molecule has 1 amide bonds. The van der Waals surface area contributed by atoms with Crippen molar-refractivity contribution in [3.8, 4) is 0 Å². The fourth-order valence-corrected chi connectivity index (χ4v) is 3.46. The number of carbonyl (C=O) groups excluding carboxylic acids is 1. The summed E-state index contributed by atoms with van der Waals surface area (Å²) in [4.78, 5) is 29.1. The predicted molar refractivity (Wildman–Crippen MR) is 115 cm³/mol. The lowest BCUT2D eigenvalue weighted by Crippen LogP contribution is -2.29. The van der Waals surface area contributed by atoms with Crippen molar-refractivity contribution in [1.82, 2.24) is 24.6 Å². The number of benzene rings is 2. The third kappa shape index (κ3) is 5.28. The van der Waals surface area contributed by atoms with Gasteiger partial charge in [-0.05, 0) is 23.3 Å². The van der Waals surface area contributed by atoms with Gasteiger partial charge in [0, 0.05) is 6.54 Å². The Balaban J connectivity index is 1.43. The second-order valence-corrected chi connectivity index (χ2v) is 7.49. The van der Waals surface area contributed by atoms with E-state index in [2.05, 4.69) is 15.4 Å². The summed E-state index contributed by atoms with van der Waals surface area (Å²) >= 11 is 0. The summed E-state index contributed by atoms with van der Waals surface area (Å²) in [5.41, 5.74) is 0.405. The average Bonchev–Trinajstić information content (AvgIpc) is 3.20. The Hall–Kier alpha value is -3.95. The maximum Gasteiger partial charge on any atom is 0.416 e. The summed E-state index contributed by atoms with van der Waals surface area (Å²) in [6.07, 6.45) is -1.53. The lowest BCUT2D eigenvalue weighted by Gasteiger charge is -2.10. The van der Waals surface area contributed by atoms with Crippen LogP contribution in [0.15, 0.2) is 71.9 Å². The molecule has 33 heavy (non-hydrogen) atoms. The molecule has 0 atom stereocenters. The van der Waals surface area contributed by atoms with Crippen molar-refractivity contribution in [3.05, 3.63) is 94.2 Å². The number of fused-ring (bicyclic) bond motifs is 1. The highest BCUT2D eigenvalue weighted by atomic mass is 19.4. The Labute approximate surface area is 186 Å². The molecule has 0 spiro atoms. The summed E-state index contributed by atoms with van der Waals surface area (Å²) in [5.74, 6) is -0.130. The third-order valence-electron chi connectivity index (χ3n) is 5.08. The standard InChI is InChI=1S/C23H20F3N5O2/c24-23(25,26)18-8-4-7-17(11-18)14-30-15-28-21-19(22(30)33)13-29-31(21)10-9-27-20(32)12-16-5-2-1-3-6-16/h1-8,11,13,15H,9-10,12,14H2,(H,27,32). The summed E-state index contributed by atoms with van der Waals surface area (Å²) in [6.45, 7) is 0.567. The number of aromatic nitrogens is 4. The Morgan fingerprint density at radius 1 is 1.03 bits per heavy atom. The summed E-state index contributed by atoms with van der Waals surface area (Å²) in [5, 5.41) is 7.23. The Morgan fingerprint density at radius 3 is 2.55 bits per heavy atom. The van der Waals surface area contributed by atoms with E-state index in [0.717, 1.165) is 17.7 Å². The molecule has 0 aliphatic heterocycles. The minimum Gasteiger partial charge on any atom is -0.354 e. The van der Waals surface area contributed by atoms with Gasteiger partial charge in [-0.2, -0.15) is 18.3 Å². The molecule has 10 heteroatoms. The van der Waals surface area contributed by atoms with Crippen LogP contribution in [0.2, 0.25) is 0 Å². The molecule has 0 saturated carbocycles. The molecule has 0 radical (unpaired) electrons. The van der Waals surface area contributed by atoms with Crippen LogP contribution < -0.4 is 10.9 Å². The zero-order valence-corrected chi connectivity index (χ0v) is 17.4. The number of alkyl halides is 3. The SMILES string of the molecule is O=C(Cc1ccccc1)NCCn1ncc2c(=O)n(Cc3cccc(C(F)(F)F)c3)cnc21. The highest BCUT2D eigenvalue weighted by Crippen LogP contribution is 2.29. The Kier molecular flexibility index (Phi) is 6.25. The minimum atomic E-state index is -4.46. The molecule has 0 aliphatic carbocycles. The van der Waals surface area contributed by atoms with Gasteiger partial charge in [0.2, 0.25) is 5.91 Å². The lowest BCUT2D eigenvalue weighted by molar-refractivity contribution is -0.137. The zero-order chi connectivity index (χ0) is 23.4. The zero-order valence-electron chi connectivity index (χ0n) is 17.4. The topological polar surface area (TPSA) is 81.8 Å². The fraction of sp³-hybridized carbons (Fsp3) is 0.217. The lowest BCUT2D eigenvalue weighted by atomic mass is 10.1. The van der Waals surface area contributed by atoms with Crippen molar-refractivity contribution in [2.75, 3.05) is 6.54 Å². The first kappa shape index (κ1) is 22.3. The van der Waals surface area contributed by atoms with E-state index in [4.69, 9.17) is 0 Å². The van der Waals surface area contributed by atoms with E-state index in [1.165, 1.54) is 33.9 Å². The van der Waals surface area contributed by atoms with Gasteiger partial charge in [0.1, 0.15) is 11.7 Å². The summed E-state index contributed by atoms with van der Waals surface area (Å²) in [6, 6.07) is 14.2. The van der Waals surface area contributed by atoms with Crippen LogP contribution in [-0.4, -0.2) is 31.8 Å². The van der Waals surface area contributed by atoms with Crippen molar-refractivity contribution in [3.63, 3.8) is 0 Å². The minimum absolute atomic E-state index is 0.0492. The predicted octanol–water partition coefficient (Wildman–Crippen LogP) is 3.02. The molecule has 170 valence electrons. The first-order valence-electron chi connectivity index (χ1n) is 10.2. The highest BCUT2D eigenvalue weighted by Gasteiger charge is 2.30. The molecule has 4 aromatic rings. The smallest absolute Gasteiger partial charge is 0.354 e. The van der Waals surface area contributed by atoms with E-state index in [1.807, 2.05) is 30.3 Å². The second kappa shape index (κ2) is 9.27. The Morgan fingerprint density at radius 2 is 1.79 bits per heavy atom. The summed E-state index contributed by atoms with van der Waals surface area (Å²) in [7, 11) is 0. The molecular formula is C23H20F3N5O2. The van der Waals surface area contributed by atoms with Crippen molar-refractivity contribution in [2.45, 2.75) is 25.7 Å². The van der Waals surface area contributed by atoms with E-state index in [-0.39, 0.29) is 24.3 Å². The first-order chi connectivity index (χ1) is 15.8. The van der Waals surface area contributed by atoms with Crippen LogP contribution in [-0.2, 0) is 30.5 Å². The Bertz CT molecular complexity index is 1330. The van der Waals surface area contributed by atoms with Crippen LogP contribution in [0.5, 0.6) is 0 Å². The monoisotopic (exact) mass is 455 g/mol. The molecule has 2 aromatic carbocycles. The van der Waals surface area contributed by atoms with Crippen LogP contribution in [0.25, 0.3) is 11.0 Å². The molecule has 0 fully saturated rings. The van der Waals surface area contributed by atoms with Crippen molar-refractivity contribution < 1.29 is 18.0 Å². The van der Waals surface area contributed by atoms with Gasteiger partial charge in [-0.25, -0.2) is 9.67 Å². The molecule has 2 aromatic heterocycles. The van der Waals surface area contributed by atoms with E-state index < -0.39 is 17.3 Å². The molecule has 1 N–H and O–H groups in total. The van der Waals surface area contributed by atoms with Crippen molar-refractivity contribution in [1.29, 1.82) is 0 Å². The van der Waals surface area contributed by atoms with E-state index >= 15 is 0 Å². The normalized spacial score (nSPS) is 11.6. The molecule has 0 aliphatic rings. The number of halogens is 3. The molecular weight excluding hydrogens is 435 g/mol. The van der Waals surface area contributed by atoms with Crippen molar-refractivity contribution in [2.24, 2.45) is 0 Å². The first-order valence-corrected chi connectivity index (χ1v) is 10.2. The van der Waals surface area contributed by atoms with Gasteiger partial charge in [-0.1, -0.05) is 42.5 Å². The van der Waals surface area contributed by atoms with Gasteiger partial charge in [0.25, 0.3) is 5.56 Å². The molecule has 0 saturated heterocycles. The van der Waals surface area contributed by atoms with E-state index in [1.54, 1.807) is 0 Å². The molecule has 0 unspecified atom stereocenters. The van der Waals surface area contributed by atoms with Crippen LogP contribution in [0, 0.1) is 0 Å². The second-order valence-electron chi connectivity index (χ2n) is 7.49. The maximum atomic E-state index is 12.9. The number of amides is 1. The maximum absolute atomic E-state index is 12.9. The number of nitrogens with one attached hydrogen (secondary N) is 1. The summed E-state index contributed by atoms with van der Waals surface area (Å²) < 4.78 is 41.6. The number of carbonyl (C=O) groups is 1. The van der Waals surface area contributed by atoms with Gasteiger partial charge in [-0.15, -0.1) is 0 Å². The average molecular weight is 455 g/mol. The number of hydrogen-bond acceptors (Lipinski definition) is 4. The van der Waals surface area contributed by atoms with Crippen LogP contribution in [0.3, 0.4) is 0 Å². The highest BCUT2D eigenvalue weighted by molar-refractivity contribution is 5.78. The third-order valence-corrected chi connectivity index (χ3v) is 5.08. The molecule has 4 rings (SSSR count). The number of hydrogen-bond donors (Lipinski definition) is 1. The van der Waals surface area contributed by atoms with Gasteiger partial charge in [0.15, 0.2) is 5.65 Å². The van der Waals surface area contributed by atoms with Crippen molar-refractivity contribution >= 4 is 16.9 Å². The van der Waals surface area contributed by atoms with Crippen LogP contribution in [0.1, 0.15) is 16.7 Å². The van der Waals surface area contributed by atoms with Gasteiger partial charge < -0.3 is 5.32 Å². The van der Waals surface area contributed by atoms with Gasteiger partial charge in [-0.3, -0.25) is 14.2 Å². The van der Waals surface area contributed by atoms with Crippen LogP contribution in [0.4, 0.5) is 13.2 Å².